The summed E-state index contributed by atoms with van der Waals surface area (Å²) in [4.78, 5) is 1.50. The molecule has 5 rings (SSSR count). The van der Waals surface area contributed by atoms with Gasteiger partial charge in [-0.15, -0.1) is 0 Å². The van der Waals surface area contributed by atoms with Crippen LogP contribution in [0.15, 0.2) is 24.3 Å². The Morgan fingerprint density at radius 2 is 2.55 bits per heavy atom. The zero-order valence-electron chi connectivity index (χ0n) is 21.0. The summed E-state index contributed by atoms with van der Waals surface area (Å²) in [5.41, 5.74) is -1.09. The molecule has 2 aliphatic carbocycles. The first-order valence-corrected chi connectivity index (χ1v) is 7.29. The van der Waals surface area contributed by atoms with Crippen molar-refractivity contribution in [2.24, 2.45) is 5.89 Å². The third-order valence-corrected chi connectivity index (χ3v) is 5.25. The molecule has 2 bridgehead atoms. The van der Waals surface area contributed by atoms with Crippen molar-refractivity contribution < 1.29 is 25.5 Å². The largest absolute Gasteiger partial charge is 0.493 e. The second-order valence-electron chi connectivity index (χ2n) is 6.18. The van der Waals surface area contributed by atoms with Crippen LogP contribution in [0.1, 0.15) is 28.5 Å². The van der Waals surface area contributed by atoms with E-state index >= 15 is 0 Å². The van der Waals surface area contributed by atoms with Crippen molar-refractivity contribution in [2.45, 2.75) is 36.4 Å². The summed E-state index contributed by atoms with van der Waals surface area (Å²) in [5, 5.41) is 4.72. The van der Waals surface area contributed by atoms with Gasteiger partial charge in [-0.25, -0.2) is 0 Å². The summed E-state index contributed by atoms with van der Waals surface area (Å²) in [6.07, 6.45) is -2.99. The molecule has 1 spiro atoms. The van der Waals surface area contributed by atoms with E-state index in [0.717, 1.165) is 6.08 Å². The van der Waals surface area contributed by atoms with Crippen LogP contribution in [-0.4, -0.2) is 50.3 Å². The average Bonchev–Trinajstić information content (AvgIpc) is 3.04. The number of piperidine rings is 1. The van der Waals surface area contributed by atoms with Crippen molar-refractivity contribution in [3.63, 3.8) is 0 Å². The summed E-state index contributed by atoms with van der Waals surface area (Å²) in [6, 6.07) is 0.574. The molecule has 4 nitrogen and oxygen atoms in total. The Hall–Kier alpha value is -1.52. The lowest BCUT2D eigenvalue weighted by molar-refractivity contribution is -0.0453. The minimum Gasteiger partial charge on any atom is -0.493 e. The molecule has 0 radical (unpaired) electrons. The van der Waals surface area contributed by atoms with Crippen LogP contribution in [0.2, 0.25) is 0 Å². The van der Waals surface area contributed by atoms with Crippen LogP contribution in [0.25, 0.3) is 0 Å². The van der Waals surface area contributed by atoms with Gasteiger partial charge in [0.25, 0.3) is 0 Å². The minimum atomic E-state index is -2.81. The Bertz CT molecular complexity index is 1020. The predicted molar refractivity (Wildman–Crippen MR) is 82.5 cm³/mol. The molecule has 4 heteroatoms. The number of ether oxygens (including phenoxy) is 2. The number of likely N-dealkylation sites (tertiary alicyclic amines) is 1. The van der Waals surface area contributed by atoms with Crippen molar-refractivity contribution >= 4 is 0 Å². The van der Waals surface area contributed by atoms with Gasteiger partial charge >= 0.3 is 0 Å². The van der Waals surface area contributed by atoms with Gasteiger partial charge in [-0.3, -0.25) is 0 Å². The van der Waals surface area contributed by atoms with Crippen molar-refractivity contribution in [2.75, 3.05) is 20.6 Å². The first kappa shape index (κ1) is 6.93. The van der Waals surface area contributed by atoms with Crippen molar-refractivity contribution in [3.8, 4) is 11.5 Å². The first-order valence-electron chi connectivity index (χ1n) is 11.7. The summed E-state index contributed by atoms with van der Waals surface area (Å²) in [5.74, 6) is -2.14. The number of likely N-dealkylation sites (N-methyl/N-ethyl adjacent to an activating group) is 1. The van der Waals surface area contributed by atoms with Gasteiger partial charge in [-0.05, 0) is 38.0 Å². The van der Waals surface area contributed by atoms with Gasteiger partial charge in [0.2, 0.25) is 1.43 Å². The van der Waals surface area contributed by atoms with Gasteiger partial charge in [0, 0.05) is 28.4 Å². The van der Waals surface area contributed by atoms with E-state index in [2.05, 4.69) is 0 Å². The lowest BCUT2D eigenvalue weighted by atomic mass is 9.53. The third kappa shape index (κ3) is 1.28. The van der Waals surface area contributed by atoms with Gasteiger partial charge < -0.3 is 19.5 Å². The van der Waals surface area contributed by atoms with E-state index in [1.54, 1.807) is 7.05 Å². The highest BCUT2D eigenvalue weighted by atomic mass is 16.5. The highest BCUT2D eigenvalue weighted by Crippen LogP contribution is 2.62. The van der Waals surface area contributed by atoms with Crippen molar-refractivity contribution in [3.05, 3.63) is 35.4 Å². The summed E-state index contributed by atoms with van der Waals surface area (Å²) in [6.45, 7) is 0.231. The maximum Gasteiger partial charge on any atom is 0.211 e. The molecule has 1 fully saturated rings. The Labute approximate surface area is 143 Å². The number of aliphatic hydroxyl groups is 1. The lowest BCUT2D eigenvalue weighted by Crippen LogP contribution is -2.64. The van der Waals surface area contributed by atoms with Crippen LogP contribution in [0.4, 0.5) is 0 Å². The number of hydrogen-bond donors (Lipinski definition) is 1. The molecule has 22 heavy (non-hydrogen) atoms. The highest BCUT2D eigenvalue weighted by molar-refractivity contribution is 5.62. The average molecular weight is 308 g/mol. The topological polar surface area (TPSA) is 41.9 Å². The van der Waals surface area contributed by atoms with Crippen LogP contribution < -0.4 is 9.47 Å². The van der Waals surface area contributed by atoms with Crippen LogP contribution >= 0.6 is 0 Å². The minimum absolute atomic E-state index is 0.0666. The summed E-state index contributed by atoms with van der Waals surface area (Å²) < 4.78 is 86.4. The fraction of sp³-hybridized carbons (Fsp3) is 0.556. The number of rotatable bonds is 2. The normalized spacial score (nSPS) is 59.9. The van der Waals surface area contributed by atoms with E-state index < -0.39 is 42.9 Å². The molecular formula is C18H21NO3. The summed E-state index contributed by atoms with van der Waals surface area (Å²) in [7, 11) is -1.21. The van der Waals surface area contributed by atoms with Gasteiger partial charge in [0.15, 0.2) is 11.5 Å². The standard InChI is InChI=1S/C18H21NO3/c1-19-8-7-18-11-4-5-13(20)17(18)22-16-14(21-2)6-3-10(15(16)18)9-12(11)19/h3-6,11-13,17,20H,7-9H2,1-2H3/t11-,12+,13?,17?,18-/m0/s1/i2D3,9D2,11D,12D,13D,20D. The van der Waals surface area contributed by atoms with E-state index in [-0.39, 0.29) is 35.6 Å². The number of hydrogen-bond acceptors (Lipinski definition) is 4. The fourth-order valence-corrected chi connectivity index (χ4v) is 4.27. The molecule has 5 atom stereocenters. The maximum atomic E-state index is 9.47. The number of methoxy groups -OCH3 is 1. The number of nitrogens with zero attached hydrogens (tertiary/aromatic N) is 1. The van der Waals surface area contributed by atoms with Gasteiger partial charge in [-0.1, -0.05) is 18.2 Å². The molecule has 1 N–H and O–H groups in total. The Morgan fingerprint density at radius 3 is 3.41 bits per heavy atom. The zero-order chi connectivity index (χ0) is 22.8. The van der Waals surface area contributed by atoms with E-state index in [1.165, 1.54) is 23.1 Å². The second kappa shape index (κ2) is 4.06. The molecule has 2 unspecified atom stereocenters. The molecule has 1 aromatic rings. The van der Waals surface area contributed by atoms with Crippen LogP contribution in [-0.2, 0) is 11.8 Å². The smallest absolute Gasteiger partial charge is 0.211 e. The quantitative estimate of drug-likeness (QED) is 0.841. The van der Waals surface area contributed by atoms with E-state index in [9.17, 15) is 2.74 Å². The first-order chi connectivity index (χ1) is 14.2. The van der Waals surface area contributed by atoms with E-state index in [4.69, 9.17) is 24.2 Å². The molecule has 1 saturated heterocycles. The molecule has 1 aromatic carbocycles. The summed E-state index contributed by atoms with van der Waals surface area (Å²) >= 11 is 0. The van der Waals surface area contributed by atoms with Crippen molar-refractivity contribution in [1.29, 1.82) is 1.43 Å². The van der Waals surface area contributed by atoms with Crippen LogP contribution in [0.3, 0.4) is 0 Å². The van der Waals surface area contributed by atoms with Gasteiger partial charge in [-0.2, -0.15) is 0 Å². The lowest BCUT2D eigenvalue weighted by Gasteiger charge is -2.56. The molecule has 116 valence electrons. The second-order valence-corrected chi connectivity index (χ2v) is 6.18. The molecule has 2 heterocycles. The SMILES string of the molecule is [2H]OC1([2H])C=C[C@]2([2H])[C@@]34CCN(C)[C@]2([2H])C([2H])([2H])c2ccc(OC([2H])([2H])[2H])c(c23)OC14. The Kier molecular flexibility index (Phi) is 1.28. The Morgan fingerprint density at radius 1 is 1.59 bits per heavy atom. The maximum absolute atomic E-state index is 9.47. The van der Waals surface area contributed by atoms with E-state index in [0.29, 0.717) is 0 Å². The van der Waals surface area contributed by atoms with Gasteiger partial charge in [0.05, 0.1) is 12.5 Å². The van der Waals surface area contributed by atoms with E-state index in [1.807, 2.05) is 0 Å². The third-order valence-electron chi connectivity index (χ3n) is 5.25. The molecule has 0 saturated carbocycles. The molecule has 4 aliphatic rings. The highest BCUT2D eigenvalue weighted by Gasteiger charge is 2.64. The molecule has 2 aliphatic heterocycles. The molecular weight excluding hydrogens is 278 g/mol. The monoisotopic (exact) mass is 308 g/mol. The zero-order valence-corrected chi connectivity index (χ0v) is 12.0. The van der Waals surface area contributed by atoms with Crippen molar-refractivity contribution in [1.82, 2.24) is 4.90 Å². The van der Waals surface area contributed by atoms with Crippen LogP contribution in [0.5, 0.6) is 11.5 Å². The molecule has 0 aromatic heterocycles. The fourth-order valence-electron chi connectivity index (χ4n) is 4.27. The molecule has 0 amide bonds. The van der Waals surface area contributed by atoms with Gasteiger partial charge in [0.1, 0.15) is 12.2 Å². The number of benzene rings is 1. The van der Waals surface area contributed by atoms with Crippen LogP contribution in [0, 0.1) is 5.89 Å². The Balaban J connectivity index is 1.91. The predicted octanol–water partition coefficient (Wildman–Crippen LogP) is 1.50.